The summed E-state index contributed by atoms with van der Waals surface area (Å²) >= 11 is 0. The Kier molecular flexibility index (Phi) is 23.8. The molecular formula is C29H58. The average molecular weight is 407 g/mol. The van der Waals surface area contributed by atoms with E-state index in [-0.39, 0.29) is 0 Å². The summed E-state index contributed by atoms with van der Waals surface area (Å²) in [7, 11) is 0. The van der Waals surface area contributed by atoms with Gasteiger partial charge in [0.1, 0.15) is 0 Å². The Hall–Kier alpha value is -0.260. The first-order valence-electron chi connectivity index (χ1n) is 13.9. The SMILES string of the molecule is CCCCC/C=C/CCCCCCCCCC(CCCCCCCC)CC(C)C. The molecule has 0 bridgehead atoms. The van der Waals surface area contributed by atoms with Crippen molar-refractivity contribution in [1.82, 2.24) is 0 Å². The van der Waals surface area contributed by atoms with Gasteiger partial charge in [-0.2, -0.15) is 0 Å². The fourth-order valence-electron chi connectivity index (χ4n) is 4.59. The van der Waals surface area contributed by atoms with Gasteiger partial charge in [0.15, 0.2) is 0 Å². The van der Waals surface area contributed by atoms with E-state index in [4.69, 9.17) is 0 Å². The van der Waals surface area contributed by atoms with E-state index in [1.54, 1.807) is 0 Å². The predicted molar refractivity (Wildman–Crippen MR) is 136 cm³/mol. The molecule has 0 heteroatoms. The summed E-state index contributed by atoms with van der Waals surface area (Å²) in [5.41, 5.74) is 0. The third-order valence-electron chi connectivity index (χ3n) is 6.39. The maximum Gasteiger partial charge on any atom is -0.0351 e. The van der Waals surface area contributed by atoms with E-state index < -0.39 is 0 Å². The van der Waals surface area contributed by atoms with Crippen molar-refractivity contribution in [2.24, 2.45) is 11.8 Å². The van der Waals surface area contributed by atoms with Crippen LogP contribution in [0.2, 0.25) is 0 Å². The highest BCUT2D eigenvalue weighted by Crippen LogP contribution is 2.25. The van der Waals surface area contributed by atoms with Crippen LogP contribution in [0.15, 0.2) is 12.2 Å². The third kappa shape index (κ3) is 23.9. The molecule has 0 aromatic carbocycles. The molecule has 1 atom stereocenters. The minimum atomic E-state index is 0.876. The van der Waals surface area contributed by atoms with Crippen molar-refractivity contribution in [3.8, 4) is 0 Å². The molecule has 174 valence electrons. The number of unbranched alkanes of at least 4 members (excludes halogenated alkanes) is 15. The van der Waals surface area contributed by atoms with E-state index in [0.29, 0.717) is 0 Å². The van der Waals surface area contributed by atoms with Crippen molar-refractivity contribution < 1.29 is 0 Å². The second-order valence-corrected chi connectivity index (χ2v) is 10.1. The molecular weight excluding hydrogens is 348 g/mol. The first-order valence-corrected chi connectivity index (χ1v) is 13.9. The second kappa shape index (κ2) is 24.0. The topological polar surface area (TPSA) is 0 Å². The summed E-state index contributed by atoms with van der Waals surface area (Å²) in [6.45, 7) is 9.42. The van der Waals surface area contributed by atoms with Crippen LogP contribution >= 0.6 is 0 Å². The van der Waals surface area contributed by atoms with E-state index in [0.717, 1.165) is 11.8 Å². The van der Waals surface area contributed by atoms with Gasteiger partial charge in [0.2, 0.25) is 0 Å². The zero-order valence-corrected chi connectivity index (χ0v) is 21.2. The molecule has 0 rings (SSSR count). The van der Waals surface area contributed by atoms with Gasteiger partial charge < -0.3 is 0 Å². The molecule has 0 aliphatic heterocycles. The normalized spacial score (nSPS) is 13.0. The molecule has 0 N–H and O–H groups in total. The highest BCUT2D eigenvalue weighted by molar-refractivity contribution is 4.81. The molecule has 0 saturated carbocycles. The third-order valence-corrected chi connectivity index (χ3v) is 6.39. The molecule has 0 heterocycles. The first-order chi connectivity index (χ1) is 14.2. The largest absolute Gasteiger partial charge is 0.0885 e. The summed E-state index contributed by atoms with van der Waals surface area (Å²) in [5.74, 6) is 1.88. The van der Waals surface area contributed by atoms with Crippen LogP contribution in [0.5, 0.6) is 0 Å². The molecule has 0 aliphatic rings. The van der Waals surface area contributed by atoms with Crippen LogP contribution in [-0.2, 0) is 0 Å². The number of rotatable bonds is 23. The average Bonchev–Trinajstić information content (AvgIpc) is 2.70. The van der Waals surface area contributed by atoms with Crippen LogP contribution < -0.4 is 0 Å². The van der Waals surface area contributed by atoms with Crippen LogP contribution in [0.4, 0.5) is 0 Å². The van der Waals surface area contributed by atoms with E-state index in [2.05, 4.69) is 39.8 Å². The summed E-state index contributed by atoms with van der Waals surface area (Å²) < 4.78 is 0. The monoisotopic (exact) mass is 406 g/mol. The molecule has 0 aliphatic carbocycles. The van der Waals surface area contributed by atoms with Gasteiger partial charge in [0, 0.05) is 0 Å². The molecule has 29 heavy (non-hydrogen) atoms. The van der Waals surface area contributed by atoms with Crippen LogP contribution in [-0.4, -0.2) is 0 Å². The Bertz CT molecular complexity index is 314. The Morgan fingerprint density at radius 2 is 0.862 bits per heavy atom. The summed E-state index contributed by atoms with van der Waals surface area (Å²) in [4.78, 5) is 0. The first kappa shape index (κ1) is 28.7. The highest BCUT2D eigenvalue weighted by atomic mass is 14.2. The maximum atomic E-state index is 2.42. The molecule has 0 radical (unpaired) electrons. The molecule has 0 nitrogen and oxygen atoms in total. The fraction of sp³-hybridized carbons (Fsp3) is 0.931. The van der Waals surface area contributed by atoms with Crippen molar-refractivity contribution in [3.05, 3.63) is 12.2 Å². The van der Waals surface area contributed by atoms with Gasteiger partial charge in [-0.05, 0) is 43.9 Å². The lowest BCUT2D eigenvalue weighted by atomic mass is 9.87. The second-order valence-electron chi connectivity index (χ2n) is 10.1. The van der Waals surface area contributed by atoms with E-state index in [1.165, 1.54) is 135 Å². The summed E-state index contributed by atoms with van der Waals surface area (Å²) in [5, 5.41) is 0. The van der Waals surface area contributed by atoms with Gasteiger partial charge in [-0.1, -0.05) is 143 Å². The predicted octanol–water partition coefficient (Wildman–Crippen LogP) is 11.0. The van der Waals surface area contributed by atoms with Crippen LogP contribution in [0.3, 0.4) is 0 Å². The molecule has 0 aromatic heterocycles. The van der Waals surface area contributed by atoms with Gasteiger partial charge in [0.25, 0.3) is 0 Å². The summed E-state index contributed by atoms with van der Waals surface area (Å²) in [6.07, 6.45) is 34.9. The summed E-state index contributed by atoms with van der Waals surface area (Å²) in [6, 6.07) is 0. The van der Waals surface area contributed by atoms with Gasteiger partial charge in [0.05, 0.1) is 0 Å². The highest BCUT2D eigenvalue weighted by Gasteiger charge is 2.10. The van der Waals surface area contributed by atoms with Gasteiger partial charge >= 0.3 is 0 Å². The quantitative estimate of drug-likeness (QED) is 0.117. The number of hydrogen-bond donors (Lipinski definition) is 0. The van der Waals surface area contributed by atoms with E-state index >= 15 is 0 Å². The Morgan fingerprint density at radius 1 is 0.483 bits per heavy atom. The molecule has 0 saturated heterocycles. The fourth-order valence-corrected chi connectivity index (χ4v) is 4.59. The zero-order chi connectivity index (χ0) is 21.4. The Morgan fingerprint density at radius 3 is 1.34 bits per heavy atom. The van der Waals surface area contributed by atoms with Gasteiger partial charge in [-0.15, -0.1) is 0 Å². The maximum absolute atomic E-state index is 2.42. The number of allylic oxidation sites excluding steroid dienone is 2. The molecule has 1 unspecified atom stereocenters. The lowest BCUT2D eigenvalue weighted by Gasteiger charge is -2.19. The minimum absolute atomic E-state index is 0.876. The van der Waals surface area contributed by atoms with Crippen molar-refractivity contribution in [3.63, 3.8) is 0 Å². The number of hydrogen-bond acceptors (Lipinski definition) is 0. The lowest BCUT2D eigenvalue weighted by molar-refractivity contribution is 0.338. The Balaban J connectivity index is 3.52. The molecule has 0 spiro atoms. The molecule has 0 aromatic rings. The van der Waals surface area contributed by atoms with Gasteiger partial charge in [-0.3, -0.25) is 0 Å². The van der Waals surface area contributed by atoms with Crippen LogP contribution in [0.1, 0.15) is 163 Å². The standard InChI is InChI=1S/C29H58/c1-5-7-9-11-13-14-15-16-17-18-19-20-22-24-26-29(27-28(3)4)25-23-21-12-10-8-6-2/h13-14,28-29H,5-12,15-27H2,1-4H3/b14-13+. The van der Waals surface area contributed by atoms with Crippen molar-refractivity contribution in [2.45, 2.75) is 163 Å². The van der Waals surface area contributed by atoms with E-state index in [9.17, 15) is 0 Å². The van der Waals surface area contributed by atoms with Crippen molar-refractivity contribution in [2.75, 3.05) is 0 Å². The molecule has 0 fully saturated rings. The van der Waals surface area contributed by atoms with E-state index in [1.807, 2.05) is 0 Å². The lowest BCUT2D eigenvalue weighted by Crippen LogP contribution is -2.05. The van der Waals surface area contributed by atoms with Crippen LogP contribution in [0, 0.1) is 11.8 Å². The van der Waals surface area contributed by atoms with Crippen LogP contribution in [0.25, 0.3) is 0 Å². The van der Waals surface area contributed by atoms with Gasteiger partial charge in [-0.25, -0.2) is 0 Å². The Labute approximate surface area is 186 Å². The van der Waals surface area contributed by atoms with Crippen molar-refractivity contribution >= 4 is 0 Å². The van der Waals surface area contributed by atoms with Crippen molar-refractivity contribution in [1.29, 1.82) is 0 Å². The minimum Gasteiger partial charge on any atom is -0.0885 e. The smallest absolute Gasteiger partial charge is 0.0351 e. The molecule has 0 amide bonds. The zero-order valence-electron chi connectivity index (χ0n) is 21.2.